The molecule has 4 heteroatoms. The molecule has 0 N–H and O–H groups in total. The predicted octanol–water partition coefficient (Wildman–Crippen LogP) is 3.37. The van der Waals surface area contributed by atoms with Gasteiger partial charge in [-0.3, -0.25) is 4.90 Å². The van der Waals surface area contributed by atoms with Gasteiger partial charge in [0.05, 0.1) is 13.2 Å². The van der Waals surface area contributed by atoms with Gasteiger partial charge in [0.25, 0.3) is 0 Å². The number of oxime groups is 1. The van der Waals surface area contributed by atoms with E-state index in [1.54, 1.807) is 0 Å². The van der Waals surface area contributed by atoms with Crippen LogP contribution in [0.15, 0.2) is 53.7 Å². The Bertz CT molecular complexity index is 773. The summed E-state index contributed by atoms with van der Waals surface area (Å²) in [6.07, 6.45) is 1.25. The van der Waals surface area contributed by atoms with E-state index in [0.717, 1.165) is 38.6 Å². The van der Waals surface area contributed by atoms with E-state index in [1.807, 2.05) is 0 Å². The average molecular weight is 348 g/mol. The van der Waals surface area contributed by atoms with Gasteiger partial charge in [0.1, 0.15) is 12.3 Å². The molecule has 1 saturated carbocycles. The molecular formula is C22H24N2O2. The third-order valence-corrected chi connectivity index (χ3v) is 5.78. The molecule has 0 amide bonds. The van der Waals surface area contributed by atoms with Crippen LogP contribution in [0.4, 0.5) is 0 Å². The van der Waals surface area contributed by atoms with Crippen LogP contribution < -0.4 is 0 Å². The molecule has 2 aromatic carbocycles. The van der Waals surface area contributed by atoms with Crippen LogP contribution >= 0.6 is 0 Å². The van der Waals surface area contributed by atoms with E-state index in [0.29, 0.717) is 18.4 Å². The first kappa shape index (κ1) is 16.0. The summed E-state index contributed by atoms with van der Waals surface area (Å²) >= 11 is 0. The summed E-state index contributed by atoms with van der Waals surface area (Å²) in [5, 5.41) is 4.62. The van der Waals surface area contributed by atoms with Crippen LogP contribution in [-0.4, -0.2) is 50.1 Å². The molecule has 0 aromatic heterocycles. The third kappa shape index (κ3) is 2.93. The molecule has 2 fully saturated rings. The standard InChI is InChI=1S/C22H24N2O2/c1-3-7-18-16(5-1)20-15-21(20)17-6-2-4-8-19(17)22(18)23-26-14-11-24-9-12-25-13-10-24/h1-8,20-21H,9-15H2. The van der Waals surface area contributed by atoms with Gasteiger partial charge in [-0.05, 0) is 29.4 Å². The normalized spacial score (nSPS) is 24.1. The molecule has 2 unspecified atom stereocenters. The van der Waals surface area contributed by atoms with Gasteiger partial charge in [0.15, 0.2) is 0 Å². The van der Waals surface area contributed by atoms with Crippen molar-refractivity contribution < 1.29 is 9.57 Å². The number of ether oxygens (including phenoxy) is 1. The smallest absolute Gasteiger partial charge is 0.129 e. The van der Waals surface area contributed by atoms with Gasteiger partial charge >= 0.3 is 0 Å². The highest BCUT2D eigenvalue weighted by molar-refractivity contribution is 6.15. The fourth-order valence-electron chi connectivity index (χ4n) is 4.30. The summed E-state index contributed by atoms with van der Waals surface area (Å²) in [6.45, 7) is 5.11. The molecule has 134 valence electrons. The van der Waals surface area contributed by atoms with E-state index >= 15 is 0 Å². The number of morpholine rings is 1. The Balaban J connectivity index is 1.41. The molecule has 1 heterocycles. The Morgan fingerprint density at radius 3 is 2.19 bits per heavy atom. The van der Waals surface area contributed by atoms with E-state index in [4.69, 9.17) is 9.57 Å². The lowest BCUT2D eigenvalue weighted by Gasteiger charge is -2.25. The fourth-order valence-corrected chi connectivity index (χ4v) is 4.30. The molecule has 0 bridgehead atoms. The molecular weight excluding hydrogens is 324 g/mol. The van der Waals surface area contributed by atoms with Crippen molar-refractivity contribution in [3.05, 3.63) is 70.8 Å². The SMILES string of the molecule is c1ccc2c(c1)C(=NOCCN1CCOCC1)c1ccccc1C1CC21. The van der Waals surface area contributed by atoms with Crippen LogP contribution in [-0.2, 0) is 9.57 Å². The summed E-state index contributed by atoms with van der Waals surface area (Å²) in [4.78, 5) is 8.17. The second-order valence-corrected chi connectivity index (χ2v) is 7.35. The molecule has 2 atom stereocenters. The van der Waals surface area contributed by atoms with Crippen molar-refractivity contribution in [2.24, 2.45) is 5.16 Å². The van der Waals surface area contributed by atoms with Crippen LogP contribution in [0.1, 0.15) is 40.5 Å². The van der Waals surface area contributed by atoms with E-state index in [9.17, 15) is 0 Å². The number of benzene rings is 2. The fraction of sp³-hybridized carbons (Fsp3) is 0.409. The zero-order chi connectivity index (χ0) is 17.3. The predicted molar refractivity (Wildman–Crippen MR) is 102 cm³/mol. The molecule has 3 aliphatic rings. The minimum atomic E-state index is 0.612. The monoisotopic (exact) mass is 348 g/mol. The van der Waals surface area contributed by atoms with E-state index < -0.39 is 0 Å². The maximum atomic E-state index is 5.80. The highest BCUT2D eigenvalue weighted by Gasteiger charge is 2.44. The second kappa shape index (κ2) is 6.86. The largest absolute Gasteiger partial charge is 0.394 e. The van der Waals surface area contributed by atoms with Gasteiger partial charge in [0, 0.05) is 30.8 Å². The summed E-state index contributed by atoms with van der Waals surface area (Å²) < 4.78 is 5.40. The topological polar surface area (TPSA) is 34.1 Å². The van der Waals surface area contributed by atoms with Crippen molar-refractivity contribution >= 4 is 5.71 Å². The molecule has 1 aliphatic heterocycles. The molecule has 0 radical (unpaired) electrons. The van der Waals surface area contributed by atoms with E-state index in [2.05, 4.69) is 58.6 Å². The molecule has 2 aromatic rings. The second-order valence-electron chi connectivity index (χ2n) is 7.35. The number of hydrogen-bond acceptors (Lipinski definition) is 4. The first-order valence-corrected chi connectivity index (χ1v) is 9.60. The van der Waals surface area contributed by atoms with Crippen LogP contribution in [0.3, 0.4) is 0 Å². The highest BCUT2D eigenvalue weighted by atomic mass is 16.6. The Kier molecular flexibility index (Phi) is 4.23. The third-order valence-electron chi connectivity index (χ3n) is 5.78. The molecule has 26 heavy (non-hydrogen) atoms. The Labute approximate surface area is 154 Å². The summed E-state index contributed by atoms with van der Waals surface area (Å²) in [5.41, 5.74) is 6.30. The molecule has 4 nitrogen and oxygen atoms in total. The van der Waals surface area contributed by atoms with Crippen molar-refractivity contribution in [1.82, 2.24) is 4.90 Å². The van der Waals surface area contributed by atoms with Crippen LogP contribution in [0.25, 0.3) is 0 Å². The van der Waals surface area contributed by atoms with Crippen molar-refractivity contribution in [2.75, 3.05) is 39.5 Å². The Morgan fingerprint density at radius 2 is 1.54 bits per heavy atom. The zero-order valence-electron chi connectivity index (χ0n) is 14.9. The van der Waals surface area contributed by atoms with Crippen LogP contribution in [0.5, 0.6) is 0 Å². The minimum Gasteiger partial charge on any atom is -0.394 e. The minimum absolute atomic E-state index is 0.612. The van der Waals surface area contributed by atoms with E-state index in [-0.39, 0.29) is 0 Å². The summed E-state index contributed by atoms with van der Waals surface area (Å²) in [5.74, 6) is 1.27. The highest BCUT2D eigenvalue weighted by Crippen LogP contribution is 2.58. The molecule has 5 rings (SSSR count). The quantitative estimate of drug-likeness (QED) is 0.627. The Hall–Kier alpha value is -2.17. The van der Waals surface area contributed by atoms with Crippen molar-refractivity contribution in [2.45, 2.75) is 18.3 Å². The molecule has 0 spiro atoms. The van der Waals surface area contributed by atoms with E-state index in [1.165, 1.54) is 28.7 Å². The van der Waals surface area contributed by atoms with Crippen molar-refractivity contribution in [3.8, 4) is 0 Å². The van der Waals surface area contributed by atoms with Gasteiger partial charge in [-0.25, -0.2) is 0 Å². The Morgan fingerprint density at radius 1 is 0.923 bits per heavy atom. The summed E-state index contributed by atoms with van der Waals surface area (Å²) in [7, 11) is 0. The lowest BCUT2D eigenvalue weighted by molar-refractivity contribution is 0.0212. The zero-order valence-corrected chi connectivity index (χ0v) is 14.9. The first-order valence-electron chi connectivity index (χ1n) is 9.60. The van der Waals surface area contributed by atoms with Crippen LogP contribution in [0.2, 0.25) is 0 Å². The van der Waals surface area contributed by atoms with Gasteiger partial charge in [-0.15, -0.1) is 0 Å². The van der Waals surface area contributed by atoms with Gasteiger partial charge < -0.3 is 9.57 Å². The van der Waals surface area contributed by atoms with Crippen LogP contribution in [0, 0.1) is 0 Å². The lowest BCUT2D eigenvalue weighted by Crippen LogP contribution is -2.38. The number of rotatable bonds is 4. The maximum Gasteiger partial charge on any atom is 0.129 e. The van der Waals surface area contributed by atoms with Crippen molar-refractivity contribution in [3.63, 3.8) is 0 Å². The summed E-state index contributed by atoms with van der Waals surface area (Å²) in [6, 6.07) is 17.4. The number of fused-ring (bicyclic) bond motifs is 5. The lowest BCUT2D eigenvalue weighted by atomic mass is 9.95. The van der Waals surface area contributed by atoms with Gasteiger partial charge in [0.2, 0.25) is 0 Å². The number of nitrogens with zero attached hydrogens (tertiary/aromatic N) is 2. The average Bonchev–Trinajstić information content (AvgIpc) is 3.50. The molecule has 1 saturated heterocycles. The van der Waals surface area contributed by atoms with Gasteiger partial charge in [-0.2, -0.15) is 0 Å². The maximum absolute atomic E-state index is 5.80. The number of hydrogen-bond donors (Lipinski definition) is 0. The van der Waals surface area contributed by atoms with Crippen molar-refractivity contribution in [1.29, 1.82) is 0 Å². The first-order chi connectivity index (χ1) is 12.9. The molecule has 2 aliphatic carbocycles. The van der Waals surface area contributed by atoms with Gasteiger partial charge in [-0.1, -0.05) is 53.7 Å².